The second-order valence-corrected chi connectivity index (χ2v) is 4.22. The molecule has 0 aromatic carbocycles. The van der Waals surface area contributed by atoms with Crippen molar-refractivity contribution < 1.29 is 0 Å². The summed E-state index contributed by atoms with van der Waals surface area (Å²) in [5.41, 5.74) is 0.414. The number of nitrogens with one attached hydrogen (secondary N) is 2. The van der Waals surface area contributed by atoms with E-state index in [1.165, 1.54) is 25.9 Å². The summed E-state index contributed by atoms with van der Waals surface area (Å²) in [5, 5.41) is 6.85. The van der Waals surface area contributed by atoms with Crippen molar-refractivity contribution in [3.63, 3.8) is 0 Å². The lowest BCUT2D eigenvalue weighted by atomic mass is 9.95. The fourth-order valence-corrected chi connectivity index (χ4v) is 2.70. The third-order valence-corrected chi connectivity index (χ3v) is 3.40. The minimum atomic E-state index is 0.414. The van der Waals surface area contributed by atoms with Gasteiger partial charge in [0.1, 0.15) is 0 Å². The average molecular weight is 169 g/mol. The lowest BCUT2D eigenvalue weighted by Crippen LogP contribution is -2.46. The van der Waals surface area contributed by atoms with Gasteiger partial charge in [0.15, 0.2) is 0 Å². The minimum Gasteiger partial charge on any atom is -0.310 e. The van der Waals surface area contributed by atoms with E-state index in [0.29, 0.717) is 5.54 Å². The van der Waals surface area contributed by atoms with E-state index in [4.69, 9.17) is 0 Å². The molecule has 0 amide bonds. The molecule has 12 heavy (non-hydrogen) atoms. The monoisotopic (exact) mass is 169 g/mol. The molecule has 0 radical (unpaired) electrons. The van der Waals surface area contributed by atoms with E-state index in [1.807, 2.05) is 7.05 Å². The fourth-order valence-electron chi connectivity index (χ4n) is 2.70. The van der Waals surface area contributed by atoms with Gasteiger partial charge in [0, 0.05) is 24.8 Å². The van der Waals surface area contributed by atoms with Crippen molar-refractivity contribution in [3.8, 4) is 0 Å². The molecular formula is C9H19N3. The number of fused-ring (bicyclic) bond motifs is 1. The number of hydrogen-bond donors (Lipinski definition) is 2. The van der Waals surface area contributed by atoms with Gasteiger partial charge >= 0.3 is 0 Å². The Morgan fingerprint density at radius 1 is 1.67 bits per heavy atom. The van der Waals surface area contributed by atoms with Crippen molar-refractivity contribution in [2.24, 2.45) is 0 Å². The zero-order valence-corrected chi connectivity index (χ0v) is 8.06. The maximum absolute atomic E-state index is 3.61. The third kappa shape index (κ3) is 1.16. The summed E-state index contributed by atoms with van der Waals surface area (Å²) in [4.78, 5) is 2.56. The highest BCUT2D eigenvalue weighted by Crippen LogP contribution is 2.33. The van der Waals surface area contributed by atoms with Crippen molar-refractivity contribution in [1.82, 2.24) is 15.5 Å². The van der Waals surface area contributed by atoms with Crippen molar-refractivity contribution in [1.29, 1.82) is 0 Å². The molecule has 70 valence electrons. The van der Waals surface area contributed by atoms with E-state index >= 15 is 0 Å². The molecule has 3 nitrogen and oxygen atoms in total. The molecule has 0 bridgehead atoms. The van der Waals surface area contributed by atoms with E-state index in [9.17, 15) is 0 Å². The Labute approximate surface area is 74.5 Å². The Balaban J connectivity index is 2.03. The van der Waals surface area contributed by atoms with Crippen LogP contribution >= 0.6 is 0 Å². The first-order valence-corrected chi connectivity index (χ1v) is 4.90. The molecule has 0 aromatic rings. The van der Waals surface area contributed by atoms with Gasteiger partial charge in [-0.1, -0.05) is 0 Å². The summed E-state index contributed by atoms with van der Waals surface area (Å²) in [6, 6.07) is 0.768. The first kappa shape index (κ1) is 8.48. The smallest absolute Gasteiger partial charge is 0.0481 e. The number of nitrogens with zero attached hydrogens (tertiary/aromatic N) is 1. The second kappa shape index (κ2) is 2.98. The normalized spacial score (nSPS) is 42.0. The van der Waals surface area contributed by atoms with E-state index < -0.39 is 0 Å². The Hall–Kier alpha value is -0.120. The molecule has 2 aliphatic heterocycles. The summed E-state index contributed by atoms with van der Waals surface area (Å²) >= 11 is 0. The fraction of sp³-hybridized carbons (Fsp3) is 1.00. The molecule has 2 saturated heterocycles. The highest BCUT2D eigenvalue weighted by molar-refractivity contribution is 5.06. The van der Waals surface area contributed by atoms with Gasteiger partial charge in [-0.25, -0.2) is 0 Å². The quantitative estimate of drug-likeness (QED) is 0.609. The van der Waals surface area contributed by atoms with Crippen LogP contribution in [0.3, 0.4) is 0 Å². The Bertz CT molecular complexity index is 171. The predicted molar refractivity (Wildman–Crippen MR) is 50.1 cm³/mol. The molecule has 0 saturated carbocycles. The summed E-state index contributed by atoms with van der Waals surface area (Å²) < 4.78 is 0. The maximum Gasteiger partial charge on any atom is 0.0481 e. The molecular weight excluding hydrogens is 150 g/mol. The second-order valence-electron chi connectivity index (χ2n) is 4.22. The van der Waals surface area contributed by atoms with Gasteiger partial charge in [-0.15, -0.1) is 0 Å². The van der Waals surface area contributed by atoms with Crippen LogP contribution in [0.4, 0.5) is 0 Å². The zero-order valence-electron chi connectivity index (χ0n) is 8.06. The van der Waals surface area contributed by atoms with E-state index in [0.717, 1.165) is 12.7 Å². The van der Waals surface area contributed by atoms with Crippen LogP contribution in [0, 0.1) is 0 Å². The topological polar surface area (TPSA) is 27.3 Å². The minimum absolute atomic E-state index is 0.414. The van der Waals surface area contributed by atoms with Gasteiger partial charge < -0.3 is 10.6 Å². The Morgan fingerprint density at radius 3 is 3.25 bits per heavy atom. The van der Waals surface area contributed by atoms with E-state index in [1.54, 1.807) is 0 Å². The third-order valence-electron chi connectivity index (χ3n) is 3.40. The number of rotatable bonds is 2. The summed E-state index contributed by atoms with van der Waals surface area (Å²) in [5.74, 6) is 0. The molecule has 2 aliphatic rings. The Kier molecular flexibility index (Phi) is 2.10. The molecule has 0 spiro atoms. The van der Waals surface area contributed by atoms with E-state index in [-0.39, 0.29) is 0 Å². The zero-order chi connectivity index (χ0) is 8.60. The number of hydrogen-bond acceptors (Lipinski definition) is 3. The van der Waals surface area contributed by atoms with Crippen LogP contribution in [-0.4, -0.2) is 43.3 Å². The van der Waals surface area contributed by atoms with Gasteiger partial charge in [0.05, 0.1) is 0 Å². The van der Waals surface area contributed by atoms with Gasteiger partial charge in [-0.2, -0.15) is 0 Å². The molecule has 2 atom stereocenters. The molecule has 0 aromatic heterocycles. The highest BCUT2D eigenvalue weighted by atomic mass is 15.3. The highest BCUT2D eigenvalue weighted by Gasteiger charge is 2.46. The van der Waals surface area contributed by atoms with Crippen LogP contribution < -0.4 is 10.6 Å². The van der Waals surface area contributed by atoms with Gasteiger partial charge in [-0.3, -0.25) is 4.90 Å². The lowest BCUT2D eigenvalue weighted by Gasteiger charge is -2.28. The van der Waals surface area contributed by atoms with Crippen molar-refractivity contribution >= 4 is 0 Å². The molecule has 0 aliphatic carbocycles. The molecule has 2 N–H and O–H groups in total. The van der Waals surface area contributed by atoms with Crippen LogP contribution in [0.2, 0.25) is 0 Å². The first-order chi connectivity index (χ1) is 5.76. The first-order valence-electron chi connectivity index (χ1n) is 4.90. The predicted octanol–water partition coefficient (Wildman–Crippen LogP) is -0.0104. The van der Waals surface area contributed by atoms with Crippen LogP contribution in [0.15, 0.2) is 0 Å². The van der Waals surface area contributed by atoms with Gasteiger partial charge in [0.25, 0.3) is 0 Å². The lowest BCUT2D eigenvalue weighted by molar-refractivity contribution is 0.218. The van der Waals surface area contributed by atoms with Gasteiger partial charge in [-0.05, 0) is 33.4 Å². The largest absolute Gasteiger partial charge is 0.310 e. The molecule has 3 heteroatoms. The average Bonchev–Trinajstić information content (AvgIpc) is 2.51. The maximum atomic E-state index is 3.61. The van der Waals surface area contributed by atoms with Crippen molar-refractivity contribution in [3.05, 3.63) is 0 Å². The molecule has 2 fully saturated rings. The van der Waals surface area contributed by atoms with E-state index in [2.05, 4.69) is 22.5 Å². The van der Waals surface area contributed by atoms with Crippen LogP contribution in [0.25, 0.3) is 0 Å². The SMILES string of the molecule is CNCN1CC[C@]2(C)NCC[C@H]12. The van der Waals surface area contributed by atoms with Crippen LogP contribution in [-0.2, 0) is 0 Å². The number of likely N-dealkylation sites (tertiary alicyclic amines) is 1. The standard InChI is InChI=1S/C9H19N3/c1-9-4-6-12(7-10-2)8(9)3-5-11-9/h8,10-11H,3-7H2,1-2H3/t8-,9-/m0/s1. The van der Waals surface area contributed by atoms with Crippen LogP contribution in [0.1, 0.15) is 19.8 Å². The Morgan fingerprint density at radius 2 is 2.50 bits per heavy atom. The summed E-state index contributed by atoms with van der Waals surface area (Å²) in [7, 11) is 2.03. The summed E-state index contributed by atoms with van der Waals surface area (Å²) in [6.07, 6.45) is 2.62. The van der Waals surface area contributed by atoms with Gasteiger partial charge in [0.2, 0.25) is 0 Å². The molecule has 2 rings (SSSR count). The van der Waals surface area contributed by atoms with Crippen LogP contribution in [0.5, 0.6) is 0 Å². The molecule has 2 heterocycles. The van der Waals surface area contributed by atoms with Crippen molar-refractivity contribution in [2.75, 3.05) is 26.8 Å². The summed E-state index contributed by atoms with van der Waals surface area (Å²) in [6.45, 7) is 5.85. The molecule has 0 unspecified atom stereocenters. The van der Waals surface area contributed by atoms with Crippen molar-refractivity contribution in [2.45, 2.75) is 31.3 Å².